The van der Waals surface area contributed by atoms with Gasteiger partial charge in [0.2, 0.25) is 5.91 Å². The van der Waals surface area contributed by atoms with E-state index < -0.39 is 0 Å². The first-order valence-electron chi connectivity index (χ1n) is 5.93. The summed E-state index contributed by atoms with van der Waals surface area (Å²) in [5.41, 5.74) is 1.33. The van der Waals surface area contributed by atoms with Crippen molar-refractivity contribution in [2.24, 2.45) is 0 Å². The van der Waals surface area contributed by atoms with E-state index in [2.05, 4.69) is 10.6 Å². The molecule has 104 valence electrons. The van der Waals surface area contributed by atoms with Gasteiger partial charge in [-0.25, -0.2) is 0 Å². The standard InChI is InChI=1S/C14H14N2O3S/c1-19-9-13(17)15-10-4-6-11(7-5-10)16-14(18)12-3-2-8-20-12/h2-8H,9H2,1H3,(H,15,17)(H,16,18). The third kappa shape index (κ3) is 3.91. The Balaban J connectivity index is 1.95. The highest BCUT2D eigenvalue weighted by atomic mass is 32.1. The van der Waals surface area contributed by atoms with Crippen molar-refractivity contribution in [3.63, 3.8) is 0 Å². The Morgan fingerprint density at radius 1 is 1.10 bits per heavy atom. The molecule has 1 aromatic heterocycles. The molecule has 1 aromatic carbocycles. The molecule has 5 nitrogen and oxygen atoms in total. The van der Waals surface area contributed by atoms with E-state index in [1.165, 1.54) is 18.4 Å². The van der Waals surface area contributed by atoms with Crippen molar-refractivity contribution in [2.75, 3.05) is 24.4 Å². The summed E-state index contributed by atoms with van der Waals surface area (Å²) in [6.45, 7) is 0.0108. The average Bonchev–Trinajstić information content (AvgIpc) is 2.95. The second-order valence-corrected chi connectivity index (χ2v) is 4.94. The minimum absolute atomic E-state index is 0.0108. The molecule has 2 rings (SSSR count). The molecule has 0 fully saturated rings. The van der Waals surface area contributed by atoms with Crippen LogP contribution in [-0.4, -0.2) is 25.5 Å². The molecule has 0 bridgehead atoms. The third-order valence-corrected chi connectivity index (χ3v) is 3.32. The number of ether oxygens (including phenoxy) is 1. The van der Waals surface area contributed by atoms with Gasteiger partial charge in [0.1, 0.15) is 6.61 Å². The van der Waals surface area contributed by atoms with Crippen molar-refractivity contribution >= 4 is 34.5 Å². The molecule has 0 saturated heterocycles. The SMILES string of the molecule is COCC(=O)Nc1ccc(NC(=O)c2cccs2)cc1. The summed E-state index contributed by atoms with van der Waals surface area (Å²) < 4.78 is 4.73. The van der Waals surface area contributed by atoms with Crippen LogP contribution < -0.4 is 10.6 Å². The van der Waals surface area contributed by atoms with Gasteiger partial charge >= 0.3 is 0 Å². The maximum Gasteiger partial charge on any atom is 0.265 e. The summed E-state index contributed by atoms with van der Waals surface area (Å²) in [6.07, 6.45) is 0. The molecule has 2 amide bonds. The van der Waals surface area contributed by atoms with E-state index in [4.69, 9.17) is 4.74 Å². The predicted molar refractivity (Wildman–Crippen MR) is 79.2 cm³/mol. The lowest BCUT2D eigenvalue weighted by molar-refractivity contribution is -0.119. The van der Waals surface area contributed by atoms with Crippen LogP contribution in [0, 0.1) is 0 Å². The lowest BCUT2D eigenvalue weighted by Crippen LogP contribution is -2.17. The first kappa shape index (κ1) is 14.2. The van der Waals surface area contributed by atoms with Gasteiger partial charge in [-0.15, -0.1) is 11.3 Å². The molecule has 0 spiro atoms. The summed E-state index contributed by atoms with van der Waals surface area (Å²) in [5.74, 6) is -0.362. The van der Waals surface area contributed by atoms with Gasteiger partial charge in [-0.05, 0) is 35.7 Å². The number of carbonyl (C=O) groups is 2. The smallest absolute Gasteiger partial charge is 0.265 e. The Labute approximate surface area is 120 Å². The third-order valence-electron chi connectivity index (χ3n) is 2.45. The molecule has 0 aliphatic heterocycles. The zero-order valence-corrected chi connectivity index (χ0v) is 11.7. The van der Waals surface area contributed by atoms with Crippen molar-refractivity contribution < 1.29 is 14.3 Å². The van der Waals surface area contributed by atoms with Gasteiger partial charge in [-0.2, -0.15) is 0 Å². The summed E-state index contributed by atoms with van der Waals surface area (Å²) in [4.78, 5) is 23.8. The Bertz CT molecular complexity index is 579. The fourth-order valence-corrected chi connectivity index (χ4v) is 2.18. The monoisotopic (exact) mass is 290 g/mol. The zero-order valence-electron chi connectivity index (χ0n) is 10.9. The van der Waals surface area contributed by atoms with Crippen LogP contribution in [0.3, 0.4) is 0 Å². The average molecular weight is 290 g/mol. The molecule has 0 radical (unpaired) electrons. The number of hydrogen-bond acceptors (Lipinski definition) is 4. The lowest BCUT2D eigenvalue weighted by Gasteiger charge is -2.07. The lowest BCUT2D eigenvalue weighted by atomic mass is 10.2. The van der Waals surface area contributed by atoms with Crippen LogP contribution in [0.25, 0.3) is 0 Å². The summed E-state index contributed by atoms with van der Waals surface area (Å²) in [5, 5.41) is 7.31. The number of hydrogen-bond donors (Lipinski definition) is 2. The van der Waals surface area contributed by atoms with Crippen molar-refractivity contribution in [3.8, 4) is 0 Å². The summed E-state index contributed by atoms with van der Waals surface area (Å²) in [7, 11) is 1.46. The van der Waals surface area contributed by atoms with Gasteiger partial charge in [-0.3, -0.25) is 9.59 Å². The molecule has 1 heterocycles. The molecular weight excluding hydrogens is 276 g/mol. The first-order valence-corrected chi connectivity index (χ1v) is 6.80. The topological polar surface area (TPSA) is 67.4 Å². The molecule has 0 aliphatic rings. The maximum absolute atomic E-state index is 11.8. The highest BCUT2D eigenvalue weighted by molar-refractivity contribution is 7.12. The van der Waals surface area contributed by atoms with Gasteiger partial charge < -0.3 is 15.4 Å². The van der Waals surface area contributed by atoms with Crippen LogP contribution >= 0.6 is 11.3 Å². The molecule has 2 aromatic rings. The molecule has 0 saturated carbocycles. The van der Waals surface area contributed by atoms with Crippen molar-refractivity contribution in [1.82, 2.24) is 0 Å². The molecule has 0 unspecified atom stereocenters. The van der Waals surface area contributed by atoms with Gasteiger partial charge in [-0.1, -0.05) is 6.07 Å². The molecule has 20 heavy (non-hydrogen) atoms. The number of anilines is 2. The van der Waals surface area contributed by atoms with E-state index in [1.54, 1.807) is 30.3 Å². The number of nitrogens with one attached hydrogen (secondary N) is 2. The van der Waals surface area contributed by atoms with Gasteiger partial charge in [0.05, 0.1) is 4.88 Å². The van der Waals surface area contributed by atoms with Crippen LogP contribution in [0.1, 0.15) is 9.67 Å². The highest BCUT2D eigenvalue weighted by Crippen LogP contribution is 2.16. The predicted octanol–water partition coefficient (Wildman–Crippen LogP) is 2.59. The molecule has 2 N–H and O–H groups in total. The summed E-state index contributed by atoms with van der Waals surface area (Å²) in [6, 6.07) is 10.5. The fraction of sp³-hybridized carbons (Fsp3) is 0.143. The minimum Gasteiger partial charge on any atom is -0.375 e. The Morgan fingerprint density at radius 2 is 1.75 bits per heavy atom. The maximum atomic E-state index is 11.8. The van der Waals surface area contributed by atoms with E-state index in [-0.39, 0.29) is 18.4 Å². The fourth-order valence-electron chi connectivity index (χ4n) is 1.57. The van der Waals surface area contributed by atoms with Crippen molar-refractivity contribution in [2.45, 2.75) is 0 Å². The normalized spacial score (nSPS) is 10.1. The van der Waals surface area contributed by atoms with Crippen LogP contribution in [0.5, 0.6) is 0 Å². The van der Waals surface area contributed by atoms with Crippen LogP contribution in [0.4, 0.5) is 11.4 Å². The molecule has 0 atom stereocenters. The van der Waals surface area contributed by atoms with Gasteiger partial charge in [0, 0.05) is 18.5 Å². The number of methoxy groups -OCH3 is 1. The van der Waals surface area contributed by atoms with E-state index in [0.717, 1.165) is 0 Å². The molecular formula is C14H14N2O3S. The molecule has 6 heteroatoms. The minimum atomic E-state index is -0.220. The van der Waals surface area contributed by atoms with Crippen LogP contribution in [0.2, 0.25) is 0 Å². The van der Waals surface area contributed by atoms with Crippen LogP contribution in [-0.2, 0) is 9.53 Å². The van der Waals surface area contributed by atoms with E-state index in [1.807, 2.05) is 11.4 Å². The van der Waals surface area contributed by atoms with Gasteiger partial charge in [0.25, 0.3) is 5.91 Å². The summed E-state index contributed by atoms with van der Waals surface area (Å²) >= 11 is 1.38. The number of rotatable bonds is 5. The first-order chi connectivity index (χ1) is 9.69. The largest absolute Gasteiger partial charge is 0.375 e. The highest BCUT2D eigenvalue weighted by Gasteiger charge is 2.07. The number of amides is 2. The number of carbonyl (C=O) groups excluding carboxylic acids is 2. The van der Waals surface area contributed by atoms with Crippen molar-refractivity contribution in [3.05, 3.63) is 46.7 Å². The quantitative estimate of drug-likeness (QED) is 0.889. The Morgan fingerprint density at radius 3 is 2.30 bits per heavy atom. The van der Waals surface area contributed by atoms with Crippen LogP contribution in [0.15, 0.2) is 41.8 Å². The second kappa shape index (κ2) is 6.83. The van der Waals surface area contributed by atoms with Crippen molar-refractivity contribution in [1.29, 1.82) is 0 Å². The molecule has 0 aliphatic carbocycles. The second-order valence-electron chi connectivity index (χ2n) is 3.99. The van der Waals surface area contributed by atoms with E-state index in [9.17, 15) is 9.59 Å². The Kier molecular flexibility index (Phi) is 4.86. The van der Waals surface area contributed by atoms with E-state index in [0.29, 0.717) is 16.3 Å². The number of thiophene rings is 1. The van der Waals surface area contributed by atoms with E-state index >= 15 is 0 Å². The van der Waals surface area contributed by atoms with Gasteiger partial charge in [0.15, 0.2) is 0 Å². The number of benzene rings is 1. The Hall–Kier alpha value is -2.18. The zero-order chi connectivity index (χ0) is 14.4.